The molecule has 0 fully saturated rings. The molecule has 0 saturated carbocycles. The first-order valence-corrected chi connectivity index (χ1v) is 1.09. The van der Waals surface area contributed by atoms with Crippen molar-refractivity contribution in [2.75, 3.05) is 0 Å². The summed E-state index contributed by atoms with van der Waals surface area (Å²) < 4.78 is 15.8. The van der Waals surface area contributed by atoms with Crippen molar-refractivity contribution >= 4 is 0 Å². The summed E-state index contributed by atoms with van der Waals surface area (Å²) in [5, 5.41) is 0. The zero-order valence-electron chi connectivity index (χ0n) is 5.47. The molecule has 0 aliphatic rings. The summed E-state index contributed by atoms with van der Waals surface area (Å²) in [6.45, 7) is 0. The predicted molar refractivity (Wildman–Crippen MR) is 3.60 cm³/mol. The van der Waals surface area contributed by atoms with Crippen LogP contribution in [-0.4, -0.2) is 0 Å². The SMILES string of the molecule is [H-].[H-].[Li+].[Li+].[O]=[Co].[O]=[Ni]. The summed E-state index contributed by atoms with van der Waals surface area (Å²) in [5.41, 5.74) is 0. The van der Waals surface area contributed by atoms with Gasteiger partial charge in [0, 0.05) is 0 Å². The summed E-state index contributed by atoms with van der Waals surface area (Å²) in [7, 11) is 0. The van der Waals surface area contributed by atoms with Gasteiger partial charge in [0.05, 0.1) is 0 Å². The van der Waals surface area contributed by atoms with Crippen LogP contribution in [0.15, 0.2) is 0 Å². The molecule has 0 N–H and O–H groups in total. The minimum atomic E-state index is 0. The number of hydrogen-bond acceptors (Lipinski definition) is 2. The van der Waals surface area contributed by atoms with Gasteiger partial charge in [-0.1, -0.05) is 0 Å². The third-order valence-electron chi connectivity index (χ3n) is 0. The van der Waals surface area contributed by atoms with Crippen LogP contribution in [0.25, 0.3) is 0 Å². The molecule has 6 heavy (non-hydrogen) atoms. The molecule has 35 valence electrons. The van der Waals surface area contributed by atoms with Gasteiger partial charge >= 0.3 is 76.5 Å². The van der Waals surface area contributed by atoms with Crippen molar-refractivity contribution in [3.63, 3.8) is 0 Å². The fourth-order valence-corrected chi connectivity index (χ4v) is 0. The van der Waals surface area contributed by atoms with E-state index in [-0.39, 0.29) is 40.6 Å². The first-order chi connectivity index (χ1) is 2.00. The van der Waals surface area contributed by atoms with Gasteiger partial charge in [0.25, 0.3) is 0 Å². The Bertz CT molecular complexity index is 20.0. The van der Waals surface area contributed by atoms with Crippen LogP contribution in [0.5, 0.6) is 0 Å². The number of hydrogen-bond donors (Lipinski definition) is 0. The second-order valence-corrected chi connectivity index (χ2v) is 0. The van der Waals surface area contributed by atoms with Gasteiger partial charge in [-0.2, -0.15) is 0 Å². The average Bonchev–Trinajstić information content (AvgIpc) is 1.50. The maximum absolute atomic E-state index is 7.94. The Morgan fingerprint density at radius 2 is 1.17 bits per heavy atom. The van der Waals surface area contributed by atoms with Crippen LogP contribution in [-0.2, 0) is 38.8 Å². The topological polar surface area (TPSA) is 34.1 Å². The Hall–Kier alpha value is 1.79. The van der Waals surface area contributed by atoms with E-state index in [2.05, 4.69) is 31.1 Å². The molecule has 0 rings (SSSR count). The quantitative estimate of drug-likeness (QED) is 0.335. The summed E-state index contributed by atoms with van der Waals surface area (Å²) >= 11 is 4.94. The van der Waals surface area contributed by atoms with E-state index in [1.807, 2.05) is 0 Å². The fraction of sp³-hybridized carbons (Fsp3) is 0. The standard InChI is InChI=1S/Co.2Li.Ni.2O.2H/q;2*+1;;;;2*-1. The van der Waals surface area contributed by atoms with Crippen molar-refractivity contribution in [2.24, 2.45) is 0 Å². The molecule has 0 aromatic carbocycles. The second-order valence-electron chi connectivity index (χ2n) is 0. The van der Waals surface area contributed by atoms with E-state index < -0.39 is 0 Å². The van der Waals surface area contributed by atoms with E-state index in [4.69, 9.17) is 7.76 Å². The Morgan fingerprint density at radius 1 is 1.17 bits per heavy atom. The molecule has 0 bridgehead atoms. The first-order valence-electron chi connectivity index (χ1n) is 0.265. The predicted octanol–water partition coefficient (Wildman–Crippen LogP) is -6.01. The van der Waals surface area contributed by atoms with Gasteiger partial charge < -0.3 is 2.85 Å². The van der Waals surface area contributed by atoms with E-state index in [9.17, 15) is 0 Å². The second kappa shape index (κ2) is 70.8. The monoisotopic (exact) mass is 165 g/mol. The van der Waals surface area contributed by atoms with Crippen molar-refractivity contribution in [3.05, 3.63) is 0 Å². The Morgan fingerprint density at radius 3 is 1.17 bits per heavy atom. The van der Waals surface area contributed by atoms with E-state index in [0.717, 1.165) is 0 Å². The van der Waals surface area contributed by atoms with Gasteiger partial charge in [0.2, 0.25) is 0 Å². The van der Waals surface area contributed by atoms with E-state index in [0.29, 0.717) is 0 Å². The minimum absolute atomic E-state index is 0. The van der Waals surface area contributed by atoms with E-state index >= 15 is 0 Å². The van der Waals surface area contributed by atoms with Crippen LogP contribution in [0.4, 0.5) is 0 Å². The van der Waals surface area contributed by atoms with Gasteiger partial charge in [0.1, 0.15) is 0 Å². The molecule has 2 nitrogen and oxygen atoms in total. The van der Waals surface area contributed by atoms with E-state index in [1.165, 1.54) is 0 Å². The summed E-state index contributed by atoms with van der Waals surface area (Å²) in [5.74, 6) is 0. The molecule has 0 saturated heterocycles. The van der Waals surface area contributed by atoms with Crippen LogP contribution >= 0.6 is 0 Å². The molecule has 0 spiro atoms. The van der Waals surface area contributed by atoms with Crippen LogP contribution in [0.3, 0.4) is 0 Å². The van der Waals surface area contributed by atoms with Gasteiger partial charge in [0.15, 0.2) is 0 Å². The summed E-state index contributed by atoms with van der Waals surface area (Å²) in [6, 6.07) is 0. The molecular formula is H2CoLi2NiO2. The van der Waals surface area contributed by atoms with Crippen LogP contribution in [0, 0.1) is 0 Å². The van der Waals surface area contributed by atoms with Crippen LogP contribution in [0.1, 0.15) is 2.85 Å². The van der Waals surface area contributed by atoms with Gasteiger partial charge in [-0.25, -0.2) is 0 Å². The molecule has 0 aliphatic carbocycles. The Balaban J connectivity index is -0.00000000167. The fourth-order valence-electron chi connectivity index (χ4n) is 0. The van der Waals surface area contributed by atoms with Gasteiger partial charge in [-0.05, 0) is 0 Å². The molecule has 0 amide bonds. The zero-order chi connectivity index (χ0) is 4.00. The van der Waals surface area contributed by atoms with E-state index in [1.54, 1.807) is 0 Å². The van der Waals surface area contributed by atoms with Crippen molar-refractivity contribution in [1.29, 1.82) is 0 Å². The molecule has 0 atom stereocenters. The molecule has 6 heteroatoms. The van der Waals surface area contributed by atoms with Crippen LogP contribution < -0.4 is 37.7 Å². The summed E-state index contributed by atoms with van der Waals surface area (Å²) in [6.07, 6.45) is 0. The first kappa shape index (κ1) is 25.0. The third kappa shape index (κ3) is 41.4. The van der Waals surface area contributed by atoms with Crippen molar-refractivity contribution in [2.45, 2.75) is 0 Å². The van der Waals surface area contributed by atoms with Crippen molar-refractivity contribution < 1.29 is 79.4 Å². The third-order valence-corrected chi connectivity index (χ3v) is 0. The zero-order valence-corrected chi connectivity index (χ0v) is 5.49. The maximum atomic E-state index is 7.94. The average molecular weight is 166 g/mol. The Labute approximate surface area is 78.9 Å². The number of rotatable bonds is 0. The molecule has 0 heterocycles. The molecule has 0 aliphatic heterocycles. The van der Waals surface area contributed by atoms with Gasteiger partial charge in [-0.15, -0.1) is 0 Å². The van der Waals surface area contributed by atoms with Crippen molar-refractivity contribution in [3.8, 4) is 0 Å². The molecule has 0 aromatic rings. The molecule has 0 unspecified atom stereocenters. The molecular weight excluding hydrogens is 164 g/mol. The Kier molecular flexibility index (Phi) is 295. The summed E-state index contributed by atoms with van der Waals surface area (Å²) in [4.78, 5) is 0. The van der Waals surface area contributed by atoms with Crippen LogP contribution in [0.2, 0.25) is 0 Å². The van der Waals surface area contributed by atoms with Gasteiger partial charge in [-0.3, -0.25) is 0 Å². The van der Waals surface area contributed by atoms with Crippen molar-refractivity contribution in [1.82, 2.24) is 0 Å². The normalized spacial score (nSPS) is 1.83. The molecule has 0 aromatic heterocycles. The molecule has 0 radical (unpaired) electrons.